The van der Waals surface area contributed by atoms with Gasteiger partial charge in [0.1, 0.15) is 0 Å². The molecule has 3 heterocycles. The first kappa shape index (κ1) is 25.7. The lowest BCUT2D eigenvalue weighted by atomic mass is 9.92. The quantitative estimate of drug-likeness (QED) is 0.146. The molecule has 198 valence electrons. The minimum atomic E-state index is -0.451. The number of hydrogen-bond acceptors (Lipinski definition) is 9. The van der Waals surface area contributed by atoms with Gasteiger partial charge >= 0.3 is 0 Å². The van der Waals surface area contributed by atoms with E-state index in [9.17, 15) is 14.9 Å². The number of carbonyl (C=O) groups is 1. The number of nitro groups is 1. The summed E-state index contributed by atoms with van der Waals surface area (Å²) in [6, 6.07) is 9.62. The van der Waals surface area contributed by atoms with Crippen LogP contribution >= 0.6 is 11.8 Å². The monoisotopic (exact) mass is 536 g/mol. The molecule has 1 saturated heterocycles. The minimum absolute atomic E-state index is 0.0161. The van der Waals surface area contributed by atoms with Crippen LogP contribution in [0.3, 0.4) is 0 Å². The molecule has 1 aliphatic heterocycles. The molecule has 11 nitrogen and oxygen atoms in total. The van der Waals surface area contributed by atoms with E-state index in [2.05, 4.69) is 18.9 Å². The van der Waals surface area contributed by atoms with E-state index in [-0.39, 0.29) is 17.3 Å². The van der Waals surface area contributed by atoms with Crippen molar-refractivity contribution in [3.63, 3.8) is 0 Å². The van der Waals surface area contributed by atoms with Gasteiger partial charge in [-0.15, -0.1) is 5.10 Å². The van der Waals surface area contributed by atoms with E-state index in [4.69, 9.17) is 19.4 Å². The van der Waals surface area contributed by atoms with Crippen LogP contribution in [0.2, 0.25) is 0 Å². The molecule has 38 heavy (non-hydrogen) atoms. The van der Waals surface area contributed by atoms with Crippen molar-refractivity contribution in [3.05, 3.63) is 46.5 Å². The number of benzene rings is 2. The predicted molar refractivity (Wildman–Crippen MR) is 144 cm³/mol. The molecule has 2 aromatic heterocycles. The summed E-state index contributed by atoms with van der Waals surface area (Å²) in [5.74, 6) is 2.65. The van der Waals surface area contributed by atoms with E-state index < -0.39 is 4.92 Å². The molecule has 2 aromatic carbocycles. The summed E-state index contributed by atoms with van der Waals surface area (Å²) in [7, 11) is 3.11. The Labute approximate surface area is 223 Å². The Kier molecular flexibility index (Phi) is 7.06. The SMILES string of the molecule is COc1cc2nc(SCC(=O)N3C[C@@H](C)C[C@H](C)C3)n3nc(-c4ccc([N+](=O)[O-])cc4)nc3c2cc1OC. The van der Waals surface area contributed by atoms with Gasteiger partial charge in [0.2, 0.25) is 5.91 Å². The molecule has 2 atom stereocenters. The number of amides is 1. The maximum atomic E-state index is 13.1. The number of non-ortho nitro benzene ring substituents is 1. The summed E-state index contributed by atoms with van der Waals surface area (Å²) >= 11 is 1.30. The van der Waals surface area contributed by atoms with Crippen LogP contribution in [0.1, 0.15) is 20.3 Å². The standard InChI is InChI=1S/C26H28N6O5S/c1-15-9-16(2)13-30(12-15)23(33)14-38-26-27-20-11-22(37-4)21(36-3)10-19(20)25-28-24(29-31(25)26)17-5-7-18(8-6-17)32(34)35/h5-8,10-11,15-16H,9,12-14H2,1-4H3/t15-,16-/m0/s1. The van der Waals surface area contributed by atoms with Crippen LogP contribution in [0.5, 0.6) is 11.5 Å². The predicted octanol–water partition coefficient (Wildman–Crippen LogP) is 4.47. The third-order valence-electron chi connectivity index (χ3n) is 6.63. The number of nitrogens with zero attached hydrogens (tertiary/aromatic N) is 6. The summed E-state index contributed by atoms with van der Waals surface area (Å²) < 4.78 is 12.6. The molecule has 0 unspecified atom stereocenters. The molecule has 5 rings (SSSR count). The fourth-order valence-corrected chi connectivity index (χ4v) is 5.79. The normalized spacial score (nSPS) is 17.6. The maximum absolute atomic E-state index is 13.1. The van der Waals surface area contributed by atoms with Gasteiger partial charge in [0.25, 0.3) is 5.69 Å². The fraction of sp³-hybridized carbons (Fsp3) is 0.385. The first-order valence-electron chi connectivity index (χ1n) is 12.2. The molecule has 0 bridgehead atoms. The summed E-state index contributed by atoms with van der Waals surface area (Å²) in [5, 5.41) is 17.0. The molecule has 0 spiro atoms. The fourth-order valence-electron chi connectivity index (χ4n) is 4.94. The van der Waals surface area contributed by atoms with Crippen molar-refractivity contribution in [2.45, 2.75) is 25.4 Å². The van der Waals surface area contributed by atoms with Gasteiger partial charge in [0.05, 0.1) is 30.4 Å². The number of likely N-dealkylation sites (tertiary alicyclic amines) is 1. The van der Waals surface area contributed by atoms with E-state index >= 15 is 0 Å². The van der Waals surface area contributed by atoms with E-state index in [0.717, 1.165) is 19.5 Å². The Morgan fingerprint density at radius 3 is 2.37 bits per heavy atom. The summed E-state index contributed by atoms with van der Waals surface area (Å²) in [5.41, 5.74) is 1.75. The van der Waals surface area contributed by atoms with Gasteiger partial charge in [-0.3, -0.25) is 14.9 Å². The average Bonchev–Trinajstić information content (AvgIpc) is 3.36. The number of rotatable bonds is 7. The second kappa shape index (κ2) is 10.4. The van der Waals surface area contributed by atoms with Crippen molar-refractivity contribution in [3.8, 4) is 22.9 Å². The Hall–Kier alpha value is -3.93. The number of piperidine rings is 1. The van der Waals surface area contributed by atoms with Crippen LogP contribution < -0.4 is 9.47 Å². The highest BCUT2D eigenvalue weighted by atomic mass is 32.2. The largest absolute Gasteiger partial charge is 0.493 e. The van der Waals surface area contributed by atoms with Gasteiger partial charge in [0, 0.05) is 42.2 Å². The molecule has 0 radical (unpaired) electrons. The number of nitro benzene ring substituents is 1. The van der Waals surface area contributed by atoms with Crippen molar-refractivity contribution < 1.29 is 19.2 Å². The van der Waals surface area contributed by atoms with Crippen LogP contribution in [0, 0.1) is 22.0 Å². The molecule has 12 heteroatoms. The number of hydrogen-bond donors (Lipinski definition) is 0. The van der Waals surface area contributed by atoms with Gasteiger partial charge in [-0.05, 0) is 36.5 Å². The topological polar surface area (TPSA) is 125 Å². The van der Waals surface area contributed by atoms with Crippen LogP contribution in [-0.2, 0) is 4.79 Å². The first-order chi connectivity index (χ1) is 18.3. The zero-order chi connectivity index (χ0) is 27.0. The number of ether oxygens (including phenoxy) is 2. The molecule has 0 aliphatic carbocycles. The number of fused-ring (bicyclic) bond motifs is 3. The van der Waals surface area contributed by atoms with Crippen LogP contribution in [0.4, 0.5) is 5.69 Å². The van der Waals surface area contributed by atoms with Crippen molar-refractivity contribution in [2.75, 3.05) is 33.1 Å². The lowest BCUT2D eigenvalue weighted by molar-refractivity contribution is -0.384. The molecule has 0 saturated carbocycles. The van der Waals surface area contributed by atoms with E-state index in [1.54, 1.807) is 43.0 Å². The molecular formula is C26H28N6O5S. The first-order valence-corrected chi connectivity index (χ1v) is 13.2. The minimum Gasteiger partial charge on any atom is -0.493 e. The third kappa shape index (κ3) is 4.95. The third-order valence-corrected chi connectivity index (χ3v) is 7.54. The summed E-state index contributed by atoms with van der Waals surface area (Å²) in [6.45, 7) is 5.87. The van der Waals surface area contributed by atoms with E-state index in [0.29, 0.717) is 56.4 Å². The average molecular weight is 537 g/mol. The Bertz CT molecular complexity index is 1510. The zero-order valence-corrected chi connectivity index (χ0v) is 22.4. The van der Waals surface area contributed by atoms with Crippen LogP contribution in [0.15, 0.2) is 41.6 Å². The Balaban J connectivity index is 1.56. The lowest BCUT2D eigenvalue weighted by Crippen LogP contribution is -2.43. The smallest absolute Gasteiger partial charge is 0.269 e. The van der Waals surface area contributed by atoms with E-state index in [1.807, 2.05) is 4.90 Å². The number of methoxy groups -OCH3 is 2. The van der Waals surface area contributed by atoms with Crippen LogP contribution in [0.25, 0.3) is 27.9 Å². The van der Waals surface area contributed by atoms with Gasteiger partial charge in [-0.1, -0.05) is 25.6 Å². The molecule has 4 aromatic rings. The van der Waals surface area contributed by atoms with Gasteiger partial charge in [-0.2, -0.15) is 4.52 Å². The Morgan fingerprint density at radius 2 is 1.74 bits per heavy atom. The second-order valence-electron chi connectivity index (χ2n) is 9.63. The molecule has 1 fully saturated rings. The zero-order valence-electron chi connectivity index (χ0n) is 21.6. The Morgan fingerprint density at radius 1 is 1.08 bits per heavy atom. The van der Waals surface area contributed by atoms with Gasteiger partial charge < -0.3 is 14.4 Å². The highest BCUT2D eigenvalue weighted by Gasteiger charge is 2.26. The molecule has 1 aliphatic rings. The highest BCUT2D eigenvalue weighted by molar-refractivity contribution is 7.99. The molecular weight excluding hydrogens is 508 g/mol. The highest BCUT2D eigenvalue weighted by Crippen LogP contribution is 2.35. The van der Waals surface area contributed by atoms with Crippen molar-refractivity contribution >= 4 is 39.9 Å². The number of carbonyl (C=O) groups excluding carboxylic acids is 1. The van der Waals surface area contributed by atoms with Gasteiger partial charge in [-0.25, -0.2) is 9.97 Å². The summed E-state index contributed by atoms with van der Waals surface area (Å²) in [4.78, 5) is 35.2. The second-order valence-corrected chi connectivity index (χ2v) is 10.6. The van der Waals surface area contributed by atoms with Gasteiger partial charge in [0.15, 0.2) is 28.1 Å². The lowest BCUT2D eigenvalue weighted by Gasteiger charge is -2.34. The number of aromatic nitrogens is 4. The van der Waals surface area contributed by atoms with Crippen molar-refractivity contribution in [2.24, 2.45) is 11.8 Å². The molecule has 1 amide bonds. The molecule has 0 N–H and O–H groups in total. The summed E-state index contributed by atoms with van der Waals surface area (Å²) in [6.07, 6.45) is 1.12. The number of thioether (sulfide) groups is 1. The van der Waals surface area contributed by atoms with Crippen molar-refractivity contribution in [1.29, 1.82) is 0 Å². The van der Waals surface area contributed by atoms with Crippen molar-refractivity contribution in [1.82, 2.24) is 24.5 Å². The van der Waals surface area contributed by atoms with E-state index in [1.165, 1.54) is 23.9 Å². The van der Waals surface area contributed by atoms with Crippen LogP contribution in [-0.4, -0.2) is 68.4 Å². The maximum Gasteiger partial charge on any atom is 0.269 e.